The quantitative estimate of drug-likeness (QED) is 0.894. The summed E-state index contributed by atoms with van der Waals surface area (Å²) in [6, 6.07) is 5.29. The van der Waals surface area contributed by atoms with Crippen molar-refractivity contribution in [3.8, 4) is 0 Å². The molecule has 0 radical (unpaired) electrons. The maximum atomic E-state index is 13.4. The Morgan fingerprint density at radius 1 is 1.53 bits per heavy atom. The number of nitrogens with zero attached hydrogens (tertiary/aromatic N) is 1. The maximum Gasteiger partial charge on any atom is 0.127 e. The van der Waals surface area contributed by atoms with E-state index in [0.29, 0.717) is 6.54 Å². The molecule has 82 valence electrons. The largest absolute Gasteiger partial charge is 0.326 e. The van der Waals surface area contributed by atoms with Crippen molar-refractivity contribution < 1.29 is 4.39 Å². The third-order valence-electron chi connectivity index (χ3n) is 2.71. The summed E-state index contributed by atoms with van der Waals surface area (Å²) in [7, 11) is 0. The van der Waals surface area contributed by atoms with E-state index in [1.54, 1.807) is 6.07 Å². The molecule has 1 aliphatic rings. The fraction of sp³-hybridized carbons (Fsp3) is 0.455. The van der Waals surface area contributed by atoms with Crippen molar-refractivity contribution >= 4 is 15.9 Å². The lowest BCUT2D eigenvalue weighted by atomic mass is 10.2. The van der Waals surface area contributed by atoms with Gasteiger partial charge in [-0.15, -0.1) is 0 Å². The fourth-order valence-corrected chi connectivity index (χ4v) is 2.32. The van der Waals surface area contributed by atoms with Gasteiger partial charge in [-0.2, -0.15) is 0 Å². The first-order valence-electron chi connectivity index (χ1n) is 5.07. The van der Waals surface area contributed by atoms with Gasteiger partial charge in [-0.1, -0.05) is 15.9 Å². The number of hydrogen-bond acceptors (Lipinski definition) is 2. The summed E-state index contributed by atoms with van der Waals surface area (Å²) in [6.07, 6.45) is 1.01. The molecule has 0 unspecified atom stereocenters. The van der Waals surface area contributed by atoms with Crippen LogP contribution in [-0.4, -0.2) is 24.0 Å². The second-order valence-electron chi connectivity index (χ2n) is 4.02. The van der Waals surface area contributed by atoms with Crippen molar-refractivity contribution in [2.75, 3.05) is 13.1 Å². The van der Waals surface area contributed by atoms with E-state index in [9.17, 15) is 4.39 Å². The highest BCUT2D eigenvalue weighted by molar-refractivity contribution is 9.10. The second-order valence-corrected chi connectivity index (χ2v) is 4.94. The molecule has 15 heavy (non-hydrogen) atoms. The molecule has 0 saturated carbocycles. The highest BCUT2D eigenvalue weighted by atomic mass is 79.9. The van der Waals surface area contributed by atoms with E-state index < -0.39 is 0 Å². The van der Waals surface area contributed by atoms with Crippen molar-refractivity contribution in [1.82, 2.24) is 4.90 Å². The summed E-state index contributed by atoms with van der Waals surface area (Å²) in [4.78, 5) is 2.19. The zero-order valence-corrected chi connectivity index (χ0v) is 10.0. The van der Waals surface area contributed by atoms with Gasteiger partial charge in [0.1, 0.15) is 5.82 Å². The van der Waals surface area contributed by atoms with Gasteiger partial charge in [-0.3, -0.25) is 4.90 Å². The normalized spacial score (nSPS) is 22.2. The Kier molecular flexibility index (Phi) is 3.38. The standard InChI is InChI=1S/C11H14BrFN2/c12-9-1-2-11(13)8(5-9)6-15-4-3-10(14)7-15/h1-2,5,10H,3-4,6-7,14H2/t10-/m0/s1. The predicted molar refractivity (Wildman–Crippen MR) is 62.0 cm³/mol. The van der Waals surface area contributed by atoms with Crippen LogP contribution >= 0.6 is 15.9 Å². The average molecular weight is 273 g/mol. The van der Waals surface area contributed by atoms with Crippen LogP contribution in [0.15, 0.2) is 22.7 Å². The van der Waals surface area contributed by atoms with Crippen LogP contribution < -0.4 is 5.73 Å². The molecule has 1 atom stereocenters. The molecule has 0 aliphatic carbocycles. The number of hydrogen-bond donors (Lipinski definition) is 1. The zero-order chi connectivity index (χ0) is 10.8. The van der Waals surface area contributed by atoms with Crippen molar-refractivity contribution in [3.05, 3.63) is 34.1 Å². The van der Waals surface area contributed by atoms with E-state index in [-0.39, 0.29) is 11.9 Å². The Bertz CT molecular complexity index is 356. The van der Waals surface area contributed by atoms with Crippen LogP contribution in [0.3, 0.4) is 0 Å². The van der Waals surface area contributed by atoms with Gasteiger partial charge in [0.05, 0.1) is 0 Å². The summed E-state index contributed by atoms with van der Waals surface area (Å²) in [5.41, 5.74) is 6.54. The molecule has 0 spiro atoms. The molecule has 1 aromatic rings. The Labute approximate surface area is 97.4 Å². The first-order valence-corrected chi connectivity index (χ1v) is 5.86. The molecule has 1 fully saturated rings. The van der Waals surface area contributed by atoms with Crippen LogP contribution in [0.5, 0.6) is 0 Å². The number of halogens is 2. The summed E-state index contributed by atoms with van der Waals surface area (Å²) in [6.45, 7) is 2.48. The van der Waals surface area contributed by atoms with E-state index >= 15 is 0 Å². The molecule has 2 nitrogen and oxygen atoms in total. The van der Waals surface area contributed by atoms with Crippen molar-refractivity contribution in [3.63, 3.8) is 0 Å². The third-order valence-corrected chi connectivity index (χ3v) is 3.20. The predicted octanol–water partition coefficient (Wildman–Crippen LogP) is 2.12. The molecule has 1 aliphatic heterocycles. The maximum absolute atomic E-state index is 13.4. The molecule has 0 bridgehead atoms. The van der Waals surface area contributed by atoms with Crippen molar-refractivity contribution in [2.24, 2.45) is 5.73 Å². The molecular formula is C11H14BrFN2. The lowest BCUT2D eigenvalue weighted by Crippen LogP contribution is -2.26. The van der Waals surface area contributed by atoms with E-state index in [2.05, 4.69) is 20.8 Å². The van der Waals surface area contributed by atoms with Crippen LogP contribution in [0.1, 0.15) is 12.0 Å². The molecule has 4 heteroatoms. The minimum Gasteiger partial charge on any atom is -0.326 e. The molecule has 0 aromatic heterocycles. The zero-order valence-electron chi connectivity index (χ0n) is 8.42. The molecular weight excluding hydrogens is 259 g/mol. The lowest BCUT2D eigenvalue weighted by molar-refractivity contribution is 0.321. The summed E-state index contributed by atoms with van der Waals surface area (Å²) >= 11 is 3.35. The van der Waals surface area contributed by atoms with E-state index in [1.165, 1.54) is 6.07 Å². The van der Waals surface area contributed by atoms with Crippen molar-refractivity contribution in [1.29, 1.82) is 0 Å². The van der Waals surface area contributed by atoms with Gasteiger partial charge in [0.15, 0.2) is 0 Å². The van der Waals surface area contributed by atoms with Gasteiger partial charge < -0.3 is 5.73 Å². The minimum atomic E-state index is -0.140. The lowest BCUT2D eigenvalue weighted by Gasteiger charge is -2.15. The fourth-order valence-electron chi connectivity index (χ4n) is 1.91. The summed E-state index contributed by atoms with van der Waals surface area (Å²) in [5.74, 6) is -0.140. The Balaban J connectivity index is 2.07. The monoisotopic (exact) mass is 272 g/mol. The van der Waals surface area contributed by atoms with E-state index in [0.717, 1.165) is 29.5 Å². The Morgan fingerprint density at radius 3 is 3.00 bits per heavy atom. The molecule has 1 heterocycles. The van der Waals surface area contributed by atoms with Crippen LogP contribution in [-0.2, 0) is 6.54 Å². The van der Waals surface area contributed by atoms with Gasteiger partial charge in [0, 0.05) is 35.7 Å². The smallest absolute Gasteiger partial charge is 0.127 e. The topological polar surface area (TPSA) is 29.3 Å². The first-order chi connectivity index (χ1) is 7.15. The van der Waals surface area contributed by atoms with E-state index in [4.69, 9.17) is 5.73 Å². The average Bonchev–Trinajstić information content (AvgIpc) is 2.58. The molecule has 1 aromatic carbocycles. The van der Waals surface area contributed by atoms with Gasteiger partial charge in [-0.25, -0.2) is 4.39 Å². The first kappa shape index (κ1) is 11.0. The molecule has 2 rings (SSSR count). The summed E-state index contributed by atoms with van der Waals surface area (Å²) < 4.78 is 14.4. The highest BCUT2D eigenvalue weighted by Crippen LogP contribution is 2.19. The number of benzene rings is 1. The van der Waals surface area contributed by atoms with Crippen LogP contribution in [0, 0.1) is 5.82 Å². The number of nitrogens with two attached hydrogens (primary N) is 1. The molecule has 1 saturated heterocycles. The number of likely N-dealkylation sites (tertiary alicyclic amines) is 1. The summed E-state index contributed by atoms with van der Waals surface area (Å²) in [5, 5.41) is 0. The molecule has 0 amide bonds. The van der Waals surface area contributed by atoms with Crippen LogP contribution in [0.25, 0.3) is 0 Å². The van der Waals surface area contributed by atoms with Crippen LogP contribution in [0.4, 0.5) is 4.39 Å². The Morgan fingerprint density at radius 2 is 2.33 bits per heavy atom. The van der Waals surface area contributed by atoms with Gasteiger partial charge >= 0.3 is 0 Å². The second kappa shape index (κ2) is 4.60. The van der Waals surface area contributed by atoms with Gasteiger partial charge in [0.25, 0.3) is 0 Å². The molecule has 2 N–H and O–H groups in total. The Hall–Kier alpha value is -0.450. The van der Waals surface area contributed by atoms with Gasteiger partial charge in [-0.05, 0) is 24.6 Å². The highest BCUT2D eigenvalue weighted by Gasteiger charge is 2.19. The van der Waals surface area contributed by atoms with Crippen LogP contribution in [0.2, 0.25) is 0 Å². The minimum absolute atomic E-state index is 0.140. The van der Waals surface area contributed by atoms with Crippen molar-refractivity contribution in [2.45, 2.75) is 19.0 Å². The van der Waals surface area contributed by atoms with E-state index in [1.807, 2.05) is 6.07 Å². The number of rotatable bonds is 2. The van der Waals surface area contributed by atoms with Gasteiger partial charge in [0.2, 0.25) is 0 Å². The third kappa shape index (κ3) is 2.77. The SMILES string of the molecule is N[C@H]1CCN(Cc2cc(Br)ccc2F)C1.